The molecule has 0 spiro atoms. The van der Waals surface area contributed by atoms with E-state index in [1.165, 1.54) is 23.9 Å². The van der Waals surface area contributed by atoms with Gasteiger partial charge in [0, 0.05) is 18.8 Å². The molecule has 0 fully saturated rings. The molecule has 1 N–H and O–H groups in total. The largest absolute Gasteiger partial charge is 0.365 e. The van der Waals surface area contributed by atoms with E-state index in [2.05, 4.69) is 21.4 Å². The molecular weight excluding hydrogens is 343 g/mol. The Hall–Kier alpha value is -3.28. The summed E-state index contributed by atoms with van der Waals surface area (Å²) in [5.74, 6) is 0.162. The molecule has 0 saturated carbocycles. The third-order valence-corrected chi connectivity index (χ3v) is 4.61. The first-order valence-corrected chi connectivity index (χ1v) is 8.91. The molecule has 0 radical (unpaired) electrons. The Balaban J connectivity index is 1.44. The molecule has 2 aromatic carbocycles. The minimum Gasteiger partial charge on any atom is -0.365 e. The molecule has 5 nitrogen and oxygen atoms in total. The van der Waals surface area contributed by atoms with Gasteiger partial charge >= 0.3 is 0 Å². The van der Waals surface area contributed by atoms with Crippen molar-refractivity contribution in [3.63, 3.8) is 0 Å². The fourth-order valence-corrected chi connectivity index (χ4v) is 3.21. The van der Waals surface area contributed by atoms with Gasteiger partial charge in [-0.3, -0.25) is 4.79 Å². The van der Waals surface area contributed by atoms with Gasteiger partial charge in [-0.2, -0.15) is 0 Å². The zero-order valence-corrected chi connectivity index (χ0v) is 14.7. The number of carbonyl (C=O) groups excluding carboxylic acids is 1. The molecule has 0 bridgehead atoms. The molecule has 1 aromatic heterocycles. The summed E-state index contributed by atoms with van der Waals surface area (Å²) in [7, 11) is 0. The minimum atomic E-state index is -0.263. The molecule has 1 aliphatic rings. The Morgan fingerprint density at radius 2 is 1.89 bits per heavy atom. The maximum Gasteiger partial charge on any atom is 0.278 e. The molecule has 0 saturated heterocycles. The molecule has 1 amide bonds. The van der Waals surface area contributed by atoms with Gasteiger partial charge in [0.05, 0.1) is 12.4 Å². The number of hydrogen-bond acceptors (Lipinski definition) is 4. The third-order valence-electron chi connectivity index (χ3n) is 4.61. The Bertz CT molecular complexity index is 941. The first kappa shape index (κ1) is 17.1. The van der Waals surface area contributed by atoms with Crippen molar-refractivity contribution < 1.29 is 9.18 Å². The number of para-hydroxylation sites is 1. The van der Waals surface area contributed by atoms with Crippen molar-refractivity contribution >= 4 is 17.4 Å². The van der Waals surface area contributed by atoms with Crippen LogP contribution in [0.2, 0.25) is 0 Å². The predicted molar refractivity (Wildman–Crippen MR) is 102 cm³/mol. The lowest BCUT2D eigenvalue weighted by molar-refractivity contribution is 0.0980. The van der Waals surface area contributed by atoms with Crippen molar-refractivity contribution in [2.75, 3.05) is 16.8 Å². The molecule has 27 heavy (non-hydrogen) atoms. The second-order valence-electron chi connectivity index (χ2n) is 6.46. The molecule has 6 heteroatoms. The maximum atomic E-state index is 12.9. The van der Waals surface area contributed by atoms with Gasteiger partial charge in [0.25, 0.3) is 5.91 Å². The van der Waals surface area contributed by atoms with Crippen LogP contribution < -0.4 is 10.2 Å². The van der Waals surface area contributed by atoms with Gasteiger partial charge in [0.2, 0.25) is 0 Å². The van der Waals surface area contributed by atoms with Gasteiger partial charge in [-0.15, -0.1) is 0 Å². The van der Waals surface area contributed by atoms with Crippen LogP contribution in [-0.2, 0) is 13.0 Å². The molecule has 1 aliphatic heterocycles. The smallest absolute Gasteiger partial charge is 0.278 e. The van der Waals surface area contributed by atoms with Crippen molar-refractivity contribution in [1.29, 1.82) is 0 Å². The van der Waals surface area contributed by atoms with Crippen LogP contribution in [0.25, 0.3) is 0 Å². The SMILES string of the molecule is O=C(c1cnc(NCc2ccc(F)cc2)cn1)N1CCCc2ccccc21. The van der Waals surface area contributed by atoms with E-state index >= 15 is 0 Å². The normalized spacial score (nSPS) is 13.1. The molecule has 3 aromatic rings. The molecule has 136 valence electrons. The van der Waals surface area contributed by atoms with E-state index in [0.29, 0.717) is 24.6 Å². The number of carbonyl (C=O) groups is 1. The summed E-state index contributed by atoms with van der Waals surface area (Å²) in [6.07, 6.45) is 4.96. The number of aromatic nitrogens is 2. The maximum absolute atomic E-state index is 12.9. The average Bonchev–Trinajstić information content (AvgIpc) is 2.73. The summed E-state index contributed by atoms with van der Waals surface area (Å²) < 4.78 is 12.9. The number of rotatable bonds is 4. The van der Waals surface area contributed by atoms with Gasteiger partial charge in [0.1, 0.15) is 17.3 Å². The molecule has 4 rings (SSSR count). The first-order valence-electron chi connectivity index (χ1n) is 8.91. The number of hydrogen-bond donors (Lipinski definition) is 1. The number of nitrogens with zero attached hydrogens (tertiary/aromatic N) is 3. The van der Waals surface area contributed by atoms with Crippen LogP contribution in [0.5, 0.6) is 0 Å². The first-order chi connectivity index (χ1) is 13.2. The number of amides is 1. The Labute approximate surface area is 156 Å². The Morgan fingerprint density at radius 3 is 2.67 bits per heavy atom. The number of aryl methyl sites for hydroxylation is 1. The topological polar surface area (TPSA) is 58.1 Å². The van der Waals surface area contributed by atoms with E-state index in [1.807, 2.05) is 18.2 Å². The summed E-state index contributed by atoms with van der Waals surface area (Å²) in [5.41, 5.74) is 3.39. The van der Waals surface area contributed by atoms with Crippen LogP contribution in [0.15, 0.2) is 60.9 Å². The van der Waals surface area contributed by atoms with E-state index in [9.17, 15) is 9.18 Å². The molecular formula is C21H19FN4O. The predicted octanol–water partition coefficient (Wildman–Crippen LogP) is 3.82. The van der Waals surface area contributed by atoms with Crippen molar-refractivity contribution in [2.24, 2.45) is 0 Å². The third kappa shape index (κ3) is 3.79. The lowest BCUT2D eigenvalue weighted by Gasteiger charge is -2.29. The fraction of sp³-hybridized carbons (Fsp3) is 0.190. The highest BCUT2D eigenvalue weighted by Gasteiger charge is 2.24. The fourth-order valence-electron chi connectivity index (χ4n) is 3.21. The van der Waals surface area contributed by atoms with E-state index in [0.717, 1.165) is 24.1 Å². The number of fused-ring (bicyclic) bond motifs is 1. The molecule has 0 unspecified atom stereocenters. The molecule has 0 atom stereocenters. The highest BCUT2D eigenvalue weighted by Crippen LogP contribution is 2.27. The monoisotopic (exact) mass is 362 g/mol. The van der Waals surface area contributed by atoms with Crippen LogP contribution in [-0.4, -0.2) is 22.4 Å². The van der Waals surface area contributed by atoms with Crippen LogP contribution >= 0.6 is 0 Å². The summed E-state index contributed by atoms with van der Waals surface area (Å²) >= 11 is 0. The summed E-state index contributed by atoms with van der Waals surface area (Å²) in [6.45, 7) is 1.18. The standard InChI is InChI=1S/C21H19FN4O/c22-17-9-7-15(8-10-17)12-24-20-14-23-18(13-25-20)21(27)26-11-3-5-16-4-1-2-6-19(16)26/h1-2,4,6-10,13-14H,3,5,11-12H2,(H,24,25). The van der Waals surface area contributed by atoms with Crippen molar-refractivity contribution in [2.45, 2.75) is 19.4 Å². The van der Waals surface area contributed by atoms with Crippen LogP contribution in [0.3, 0.4) is 0 Å². The quantitative estimate of drug-likeness (QED) is 0.767. The van der Waals surface area contributed by atoms with E-state index < -0.39 is 0 Å². The highest BCUT2D eigenvalue weighted by atomic mass is 19.1. The number of halogens is 1. The van der Waals surface area contributed by atoms with Crippen LogP contribution in [0.1, 0.15) is 28.0 Å². The molecule has 0 aliphatic carbocycles. The highest BCUT2D eigenvalue weighted by molar-refractivity contribution is 6.05. The van der Waals surface area contributed by atoms with Gasteiger partial charge in [-0.1, -0.05) is 30.3 Å². The number of anilines is 2. The minimum absolute atomic E-state index is 0.139. The number of benzene rings is 2. The van der Waals surface area contributed by atoms with Crippen molar-refractivity contribution in [1.82, 2.24) is 9.97 Å². The number of nitrogens with one attached hydrogen (secondary N) is 1. The Kier molecular flexibility index (Phi) is 4.78. The van der Waals surface area contributed by atoms with Crippen LogP contribution in [0, 0.1) is 5.82 Å². The Morgan fingerprint density at radius 1 is 1.07 bits per heavy atom. The van der Waals surface area contributed by atoms with Crippen molar-refractivity contribution in [3.05, 3.63) is 83.6 Å². The van der Waals surface area contributed by atoms with Gasteiger partial charge < -0.3 is 10.2 Å². The second-order valence-corrected chi connectivity index (χ2v) is 6.46. The summed E-state index contributed by atoms with van der Waals surface area (Å²) in [6, 6.07) is 14.2. The lowest BCUT2D eigenvalue weighted by Crippen LogP contribution is -2.36. The second kappa shape index (κ2) is 7.53. The summed E-state index contributed by atoms with van der Waals surface area (Å²) in [5, 5.41) is 3.12. The average molecular weight is 362 g/mol. The van der Waals surface area contributed by atoms with E-state index in [-0.39, 0.29) is 11.7 Å². The van der Waals surface area contributed by atoms with Crippen LogP contribution in [0.4, 0.5) is 15.9 Å². The van der Waals surface area contributed by atoms with E-state index in [4.69, 9.17) is 0 Å². The van der Waals surface area contributed by atoms with Gasteiger partial charge in [-0.05, 0) is 42.2 Å². The zero-order valence-electron chi connectivity index (χ0n) is 14.7. The van der Waals surface area contributed by atoms with Gasteiger partial charge in [-0.25, -0.2) is 14.4 Å². The van der Waals surface area contributed by atoms with E-state index in [1.54, 1.807) is 23.2 Å². The lowest BCUT2D eigenvalue weighted by atomic mass is 10.0. The van der Waals surface area contributed by atoms with Crippen molar-refractivity contribution in [3.8, 4) is 0 Å². The van der Waals surface area contributed by atoms with Gasteiger partial charge in [0.15, 0.2) is 0 Å². The molecule has 2 heterocycles. The zero-order chi connectivity index (χ0) is 18.6. The summed E-state index contributed by atoms with van der Waals surface area (Å²) in [4.78, 5) is 23.2.